The summed E-state index contributed by atoms with van der Waals surface area (Å²) in [6, 6.07) is 11.4. The molecule has 2 aromatic heterocycles. The van der Waals surface area contributed by atoms with Gasteiger partial charge < -0.3 is 9.84 Å². The number of hydrogen-bond donors (Lipinski definition) is 1. The van der Waals surface area contributed by atoms with E-state index in [0.717, 1.165) is 28.1 Å². The average Bonchev–Trinajstić information content (AvgIpc) is 2.62. The fourth-order valence-electron chi connectivity index (χ4n) is 2.61. The molecule has 3 aromatic rings. The molecule has 0 aliphatic heterocycles. The highest BCUT2D eigenvalue weighted by Gasteiger charge is 2.16. The molecule has 0 aliphatic carbocycles. The van der Waals surface area contributed by atoms with Crippen LogP contribution in [0.25, 0.3) is 11.3 Å². The van der Waals surface area contributed by atoms with Crippen molar-refractivity contribution in [2.75, 3.05) is 7.11 Å². The van der Waals surface area contributed by atoms with E-state index in [9.17, 15) is 5.11 Å². The number of pyridine rings is 1. The molecule has 3 rings (SSSR count). The number of hydrogen-bond acceptors (Lipinski definition) is 5. The fraction of sp³-hybridized carbons (Fsp3) is 0.211. The number of aromatic nitrogens is 3. The Kier molecular flexibility index (Phi) is 4.53. The van der Waals surface area contributed by atoms with Crippen LogP contribution in [0.15, 0.2) is 48.8 Å². The van der Waals surface area contributed by atoms with E-state index >= 15 is 0 Å². The van der Waals surface area contributed by atoms with Crippen LogP contribution in [0.5, 0.6) is 5.75 Å². The van der Waals surface area contributed by atoms with Gasteiger partial charge in [-0.05, 0) is 49.2 Å². The van der Waals surface area contributed by atoms with Gasteiger partial charge in [0.05, 0.1) is 18.5 Å². The van der Waals surface area contributed by atoms with Crippen molar-refractivity contribution in [3.8, 4) is 17.0 Å². The third kappa shape index (κ3) is 3.12. The maximum atomic E-state index is 10.4. The van der Waals surface area contributed by atoms with Crippen LogP contribution in [-0.2, 0) is 0 Å². The van der Waals surface area contributed by atoms with Gasteiger partial charge in [-0.15, -0.1) is 5.10 Å². The van der Waals surface area contributed by atoms with Crippen LogP contribution in [-0.4, -0.2) is 27.4 Å². The van der Waals surface area contributed by atoms with Crippen molar-refractivity contribution in [2.45, 2.75) is 20.0 Å². The van der Waals surface area contributed by atoms with Crippen molar-refractivity contribution in [3.05, 3.63) is 71.2 Å². The predicted octanol–water partition coefficient (Wildman–Crippen LogP) is 3.25. The predicted molar refractivity (Wildman–Crippen MR) is 91.8 cm³/mol. The molecule has 5 nitrogen and oxygen atoms in total. The van der Waals surface area contributed by atoms with E-state index in [4.69, 9.17) is 4.74 Å². The lowest BCUT2D eigenvalue weighted by Gasteiger charge is -2.13. The van der Waals surface area contributed by atoms with Crippen LogP contribution < -0.4 is 4.74 Å². The van der Waals surface area contributed by atoms with Gasteiger partial charge in [0.15, 0.2) is 0 Å². The van der Waals surface area contributed by atoms with E-state index in [1.54, 1.807) is 25.6 Å². The zero-order valence-electron chi connectivity index (χ0n) is 13.9. The Morgan fingerprint density at radius 1 is 1.08 bits per heavy atom. The molecule has 1 N–H and O–H groups in total. The van der Waals surface area contributed by atoms with Crippen molar-refractivity contribution in [1.29, 1.82) is 0 Å². The summed E-state index contributed by atoms with van der Waals surface area (Å²) in [6.45, 7) is 3.96. The quantitative estimate of drug-likeness (QED) is 0.799. The first kappa shape index (κ1) is 16.1. The summed E-state index contributed by atoms with van der Waals surface area (Å²) in [6.07, 6.45) is 2.44. The van der Waals surface area contributed by atoms with Gasteiger partial charge in [0, 0.05) is 23.5 Å². The minimum atomic E-state index is -0.848. The van der Waals surface area contributed by atoms with E-state index in [0.29, 0.717) is 11.3 Å². The Hall–Kier alpha value is -2.79. The smallest absolute Gasteiger partial charge is 0.128 e. The van der Waals surface area contributed by atoms with E-state index in [-0.39, 0.29) is 0 Å². The Morgan fingerprint density at radius 3 is 2.58 bits per heavy atom. The summed E-state index contributed by atoms with van der Waals surface area (Å²) in [5.74, 6) is 0.757. The number of benzene rings is 1. The van der Waals surface area contributed by atoms with Crippen molar-refractivity contribution in [1.82, 2.24) is 15.2 Å². The highest BCUT2D eigenvalue weighted by atomic mass is 16.5. The summed E-state index contributed by atoms with van der Waals surface area (Å²) in [5, 5.41) is 19.0. The number of aliphatic hydroxyl groups excluding tert-OH is 1. The molecule has 1 aromatic carbocycles. The van der Waals surface area contributed by atoms with Gasteiger partial charge in [0.1, 0.15) is 11.9 Å². The highest BCUT2D eigenvalue weighted by molar-refractivity contribution is 5.70. The number of aryl methyl sites for hydroxylation is 2. The van der Waals surface area contributed by atoms with Gasteiger partial charge >= 0.3 is 0 Å². The molecule has 0 fully saturated rings. The normalized spacial score (nSPS) is 12.0. The summed E-state index contributed by atoms with van der Waals surface area (Å²) in [7, 11) is 1.64. The van der Waals surface area contributed by atoms with Gasteiger partial charge in [0.25, 0.3) is 0 Å². The van der Waals surface area contributed by atoms with Gasteiger partial charge in [-0.2, -0.15) is 5.10 Å². The molecule has 0 radical (unpaired) electrons. The second-order valence-corrected chi connectivity index (χ2v) is 5.69. The maximum Gasteiger partial charge on any atom is 0.128 e. The van der Waals surface area contributed by atoms with Crippen LogP contribution in [0.2, 0.25) is 0 Å². The van der Waals surface area contributed by atoms with E-state index in [2.05, 4.69) is 15.2 Å². The van der Waals surface area contributed by atoms with Crippen molar-refractivity contribution < 1.29 is 9.84 Å². The van der Waals surface area contributed by atoms with Crippen LogP contribution in [0.4, 0.5) is 0 Å². The summed E-state index contributed by atoms with van der Waals surface area (Å²) in [4.78, 5) is 4.03. The maximum absolute atomic E-state index is 10.4. The highest BCUT2D eigenvalue weighted by Crippen LogP contribution is 2.32. The topological polar surface area (TPSA) is 68.1 Å². The van der Waals surface area contributed by atoms with Crippen LogP contribution in [0, 0.1) is 13.8 Å². The third-order valence-electron chi connectivity index (χ3n) is 3.90. The Morgan fingerprint density at radius 2 is 1.92 bits per heavy atom. The SMILES string of the molecule is COc1cc(C)ccc1-c1nnc(C(O)c2cccnc2)cc1C. The zero-order chi connectivity index (χ0) is 17.1. The average molecular weight is 321 g/mol. The molecule has 5 heteroatoms. The standard InChI is InChI=1S/C19H19N3O2/c1-12-6-7-15(17(9-12)24-3)18-13(2)10-16(21-22-18)19(23)14-5-4-8-20-11-14/h4-11,19,23H,1-3H3. The third-order valence-corrected chi connectivity index (χ3v) is 3.90. The number of ether oxygens (including phenoxy) is 1. The Bertz CT molecular complexity index is 850. The lowest BCUT2D eigenvalue weighted by molar-refractivity contribution is 0.213. The lowest BCUT2D eigenvalue weighted by atomic mass is 10.0. The molecule has 122 valence electrons. The minimum Gasteiger partial charge on any atom is -0.496 e. The molecule has 2 heterocycles. The number of aliphatic hydroxyl groups is 1. The number of methoxy groups -OCH3 is 1. The molecule has 24 heavy (non-hydrogen) atoms. The monoisotopic (exact) mass is 321 g/mol. The van der Waals surface area contributed by atoms with Crippen molar-refractivity contribution in [2.24, 2.45) is 0 Å². The minimum absolute atomic E-state index is 0.496. The molecule has 1 unspecified atom stereocenters. The van der Waals surface area contributed by atoms with E-state index in [1.165, 1.54) is 0 Å². The van der Waals surface area contributed by atoms with Gasteiger partial charge in [0.2, 0.25) is 0 Å². The summed E-state index contributed by atoms with van der Waals surface area (Å²) < 4.78 is 5.46. The molecule has 0 bridgehead atoms. The Balaban J connectivity index is 1.99. The zero-order valence-corrected chi connectivity index (χ0v) is 13.9. The molecule has 1 atom stereocenters. The first-order chi connectivity index (χ1) is 11.6. The summed E-state index contributed by atoms with van der Waals surface area (Å²) in [5.41, 5.74) is 4.85. The lowest BCUT2D eigenvalue weighted by Crippen LogP contribution is -2.06. The van der Waals surface area contributed by atoms with Gasteiger partial charge in [-0.1, -0.05) is 12.1 Å². The van der Waals surface area contributed by atoms with E-state index in [1.807, 2.05) is 44.2 Å². The molecule has 0 saturated heterocycles. The van der Waals surface area contributed by atoms with Gasteiger partial charge in [-0.25, -0.2) is 0 Å². The molecule has 0 saturated carbocycles. The van der Waals surface area contributed by atoms with Gasteiger partial charge in [-0.3, -0.25) is 4.98 Å². The van der Waals surface area contributed by atoms with Crippen molar-refractivity contribution >= 4 is 0 Å². The molecule has 0 spiro atoms. The van der Waals surface area contributed by atoms with Crippen molar-refractivity contribution in [3.63, 3.8) is 0 Å². The number of nitrogens with zero attached hydrogens (tertiary/aromatic N) is 3. The molecular weight excluding hydrogens is 302 g/mol. The second-order valence-electron chi connectivity index (χ2n) is 5.69. The Labute approximate surface area is 141 Å². The first-order valence-electron chi connectivity index (χ1n) is 7.67. The molecule has 0 aliphatic rings. The van der Waals surface area contributed by atoms with Crippen LogP contribution >= 0.6 is 0 Å². The number of rotatable bonds is 4. The van der Waals surface area contributed by atoms with Crippen LogP contribution in [0.1, 0.15) is 28.5 Å². The fourth-order valence-corrected chi connectivity index (χ4v) is 2.61. The second kappa shape index (κ2) is 6.76. The molecule has 0 amide bonds. The summed E-state index contributed by atoms with van der Waals surface area (Å²) >= 11 is 0. The van der Waals surface area contributed by atoms with E-state index < -0.39 is 6.10 Å². The first-order valence-corrected chi connectivity index (χ1v) is 7.67. The largest absolute Gasteiger partial charge is 0.496 e. The molecular formula is C19H19N3O2. The van der Waals surface area contributed by atoms with Crippen LogP contribution in [0.3, 0.4) is 0 Å².